The molecule has 2 heterocycles. The van der Waals surface area contributed by atoms with E-state index in [1.165, 1.54) is 13.4 Å². The van der Waals surface area contributed by atoms with Gasteiger partial charge in [0.2, 0.25) is 0 Å². The van der Waals surface area contributed by atoms with Crippen LogP contribution < -0.4 is 16.1 Å². The molecule has 4 rings (SSSR count). The number of carbonyl (C=O) groups is 2. The highest BCUT2D eigenvalue weighted by Gasteiger charge is 2.19. The summed E-state index contributed by atoms with van der Waals surface area (Å²) < 4.78 is 1.61. The molecule has 4 aromatic rings. The second-order valence-corrected chi connectivity index (χ2v) is 7.18. The fourth-order valence-electron chi connectivity index (χ4n) is 3.38. The van der Waals surface area contributed by atoms with Crippen LogP contribution in [0.1, 0.15) is 31.8 Å². The summed E-state index contributed by atoms with van der Waals surface area (Å²) in [4.78, 5) is 34.1. The van der Waals surface area contributed by atoms with Crippen molar-refractivity contribution < 1.29 is 14.4 Å². The summed E-state index contributed by atoms with van der Waals surface area (Å²) >= 11 is 0. The van der Waals surface area contributed by atoms with E-state index in [0.29, 0.717) is 33.8 Å². The van der Waals surface area contributed by atoms with Crippen LogP contribution in [0.15, 0.2) is 61.1 Å². The Morgan fingerprint density at radius 1 is 1.03 bits per heavy atom. The molecule has 2 aromatic carbocycles. The fourth-order valence-corrected chi connectivity index (χ4v) is 3.38. The normalized spacial score (nSPS) is 10.7. The average Bonchev–Trinajstić information content (AvgIpc) is 3.13. The van der Waals surface area contributed by atoms with Gasteiger partial charge in [-0.25, -0.2) is 15.0 Å². The summed E-state index contributed by atoms with van der Waals surface area (Å²) in [7, 11) is 1.38. The third-order valence-electron chi connectivity index (χ3n) is 5.05. The number of fused-ring (bicyclic) bond motifs is 1. The van der Waals surface area contributed by atoms with Crippen molar-refractivity contribution in [1.29, 1.82) is 0 Å². The number of nitrogens with zero attached hydrogens (tertiary/aromatic N) is 3. The van der Waals surface area contributed by atoms with Crippen molar-refractivity contribution in [2.75, 3.05) is 17.7 Å². The second kappa shape index (κ2) is 8.86. The van der Waals surface area contributed by atoms with Crippen LogP contribution in [0.25, 0.3) is 5.52 Å². The highest BCUT2D eigenvalue weighted by Crippen LogP contribution is 2.28. The van der Waals surface area contributed by atoms with Gasteiger partial charge in [-0.3, -0.25) is 14.4 Å². The van der Waals surface area contributed by atoms with Crippen molar-refractivity contribution in [3.63, 3.8) is 0 Å². The van der Waals surface area contributed by atoms with E-state index in [4.69, 9.17) is 4.84 Å². The first kappa shape index (κ1) is 21.0. The molecule has 0 bridgehead atoms. The molecule has 32 heavy (non-hydrogen) atoms. The smallest absolute Gasteiger partial charge is 0.274 e. The lowest BCUT2D eigenvalue weighted by Crippen LogP contribution is -2.21. The molecule has 2 amide bonds. The Balaban J connectivity index is 1.68. The van der Waals surface area contributed by atoms with Gasteiger partial charge in [0, 0.05) is 23.1 Å². The zero-order valence-corrected chi connectivity index (χ0v) is 17.8. The summed E-state index contributed by atoms with van der Waals surface area (Å²) in [5.41, 5.74) is 6.94. The topological polar surface area (TPSA) is 110 Å². The van der Waals surface area contributed by atoms with Crippen LogP contribution in [-0.2, 0) is 4.84 Å². The Morgan fingerprint density at radius 3 is 2.56 bits per heavy atom. The van der Waals surface area contributed by atoms with Gasteiger partial charge >= 0.3 is 0 Å². The zero-order valence-electron chi connectivity index (χ0n) is 17.8. The van der Waals surface area contributed by atoms with Gasteiger partial charge in [-0.2, -0.15) is 5.10 Å². The number of hydroxylamine groups is 1. The average molecular weight is 430 g/mol. The predicted molar refractivity (Wildman–Crippen MR) is 121 cm³/mol. The van der Waals surface area contributed by atoms with E-state index < -0.39 is 0 Å². The molecular formula is C23H22N6O3. The van der Waals surface area contributed by atoms with Crippen molar-refractivity contribution in [1.82, 2.24) is 20.1 Å². The Morgan fingerprint density at radius 2 is 1.81 bits per heavy atom. The Kier molecular flexibility index (Phi) is 5.82. The van der Waals surface area contributed by atoms with Crippen molar-refractivity contribution in [2.24, 2.45) is 0 Å². The standard InChI is InChI=1S/C23H22N6O3/c1-14-9-10-16(22(30)28-32-3)11-19(14)27-21-20-15(2)18(12-29(20)25-13-24-21)23(31)26-17-7-5-4-6-8-17/h4-13H,1-3H3,(H,26,31)(H,28,30)(H,24,25,27). The number of hydrogen-bond donors (Lipinski definition) is 3. The largest absolute Gasteiger partial charge is 0.338 e. The number of nitrogens with one attached hydrogen (secondary N) is 3. The molecule has 0 aliphatic carbocycles. The number of anilines is 3. The molecule has 2 aromatic heterocycles. The van der Waals surface area contributed by atoms with Crippen LogP contribution in [-0.4, -0.2) is 33.5 Å². The number of aryl methyl sites for hydroxylation is 2. The van der Waals surface area contributed by atoms with Gasteiger partial charge in [0.05, 0.1) is 12.7 Å². The minimum atomic E-state index is -0.359. The van der Waals surface area contributed by atoms with Crippen molar-refractivity contribution in [3.05, 3.63) is 83.3 Å². The lowest BCUT2D eigenvalue weighted by atomic mass is 10.1. The van der Waals surface area contributed by atoms with Gasteiger partial charge in [-0.15, -0.1) is 0 Å². The molecule has 3 N–H and O–H groups in total. The number of hydrogen-bond acceptors (Lipinski definition) is 6. The minimum absolute atomic E-state index is 0.237. The fraction of sp³-hybridized carbons (Fsp3) is 0.130. The maximum atomic E-state index is 12.9. The van der Waals surface area contributed by atoms with Crippen molar-refractivity contribution in [3.8, 4) is 0 Å². The van der Waals surface area contributed by atoms with Crippen LogP contribution in [0.5, 0.6) is 0 Å². The van der Waals surface area contributed by atoms with Gasteiger partial charge < -0.3 is 10.6 Å². The third-order valence-corrected chi connectivity index (χ3v) is 5.05. The number of rotatable bonds is 6. The molecule has 9 heteroatoms. The second-order valence-electron chi connectivity index (χ2n) is 7.18. The van der Waals surface area contributed by atoms with Gasteiger partial charge in [-0.1, -0.05) is 24.3 Å². The van der Waals surface area contributed by atoms with Crippen LogP contribution in [0, 0.1) is 13.8 Å². The van der Waals surface area contributed by atoms with Crippen molar-refractivity contribution >= 4 is 34.5 Å². The number of para-hydroxylation sites is 1. The molecule has 0 aliphatic heterocycles. The highest BCUT2D eigenvalue weighted by atomic mass is 16.6. The molecule has 0 spiro atoms. The summed E-state index contributed by atoms with van der Waals surface area (Å²) in [5.74, 6) is -0.0784. The highest BCUT2D eigenvalue weighted by molar-refractivity contribution is 6.07. The van der Waals surface area contributed by atoms with E-state index in [1.54, 1.807) is 22.8 Å². The maximum absolute atomic E-state index is 12.9. The molecule has 0 saturated heterocycles. The molecule has 0 unspecified atom stereocenters. The van der Waals surface area contributed by atoms with E-state index in [9.17, 15) is 9.59 Å². The number of benzene rings is 2. The van der Waals surface area contributed by atoms with E-state index >= 15 is 0 Å². The summed E-state index contributed by atoms with van der Waals surface area (Å²) in [6.07, 6.45) is 3.08. The minimum Gasteiger partial charge on any atom is -0.338 e. The molecule has 9 nitrogen and oxygen atoms in total. The van der Waals surface area contributed by atoms with Gasteiger partial charge in [-0.05, 0) is 49.2 Å². The SMILES string of the molecule is CONC(=O)c1ccc(C)c(Nc2ncnn3cc(C(=O)Nc4ccccc4)c(C)c23)c1. The first-order chi connectivity index (χ1) is 15.5. The summed E-state index contributed by atoms with van der Waals surface area (Å²) in [5, 5.41) is 10.4. The molecule has 0 atom stereocenters. The molecule has 0 fully saturated rings. The predicted octanol–water partition coefficient (Wildman–Crippen LogP) is 3.63. The number of amides is 2. The Hall–Kier alpha value is -4.24. The molecular weight excluding hydrogens is 408 g/mol. The lowest BCUT2D eigenvalue weighted by Gasteiger charge is -2.12. The number of carbonyl (C=O) groups excluding carboxylic acids is 2. The molecule has 0 radical (unpaired) electrons. The quantitative estimate of drug-likeness (QED) is 0.403. The van der Waals surface area contributed by atoms with Crippen LogP contribution in [0.2, 0.25) is 0 Å². The third kappa shape index (κ3) is 4.14. The summed E-state index contributed by atoms with van der Waals surface area (Å²) in [6.45, 7) is 3.77. The zero-order chi connectivity index (χ0) is 22.7. The Labute approximate surface area is 184 Å². The number of aromatic nitrogens is 3. The summed E-state index contributed by atoms with van der Waals surface area (Å²) in [6, 6.07) is 14.5. The van der Waals surface area contributed by atoms with Gasteiger partial charge in [0.25, 0.3) is 11.8 Å². The Bertz CT molecular complexity index is 1300. The van der Waals surface area contributed by atoms with Gasteiger partial charge in [0.1, 0.15) is 11.8 Å². The van der Waals surface area contributed by atoms with Crippen LogP contribution in [0.4, 0.5) is 17.2 Å². The lowest BCUT2D eigenvalue weighted by molar-refractivity contribution is 0.0537. The van der Waals surface area contributed by atoms with E-state index in [1.807, 2.05) is 50.2 Å². The molecule has 0 aliphatic rings. The molecule has 0 saturated carbocycles. The van der Waals surface area contributed by atoms with Crippen LogP contribution >= 0.6 is 0 Å². The monoisotopic (exact) mass is 430 g/mol. The van der Waals surface area contributed by atoms with E-state index in [0.717, 1.165) is 11.1 Å². The first-order valence-electron chi connectivity index (χ1n) is 9.88. The van der Waals surface area contributed by atoms with E-state index in [2.05, 4.69) is 26.2 Å². The maximum Gasteiger partial charge on any atom is 0.274 e. The first-order valence-corrected chi connectivity index (χ1v) is 9.88. The van der Waals surface area contributed by atoms with Crippen LogP contribution in [0.3, 0.4) is 0 Å². The van der Waals surface area contributed by atoms with Gasteiger partial charge in [0.15, 0.2) is 5.82 Å². The van der Waals surface area contributed by atoms with E-state index in [-0.39, 0.29) is 11.8 Å². The molecule has 162 valence electrons. The van der Waals surface area contributed by atoms with Crippen molar-refractivity contribution in [2.45, 2.75) is 13.8 Å².